The number of amides is 2. The summed E-state index contributed by atoms with van der Waals surface area (Å²) in [5.41, 5.74) is 0.504. The van der Waals surface area contributed by atoms with Crippen LogP contribution >= 0.6 is 11.6 Å². The number of rotatable bonds is 5. The van der Waals surface area contributed by atoms with Crippen LogP contribution in [0.5, 0.6) is 0 Å². The van der Waals surface area contributed by atoms with Crippen molar-refractivity contribution >= 4 is 34.8 Å². The first-order chi connectivity index (χ1) is 12.6. The summed E-state index contributed by atoms with van der Waals surface area (Å²) in [5, 5.41) is 2.71. The van der Waals surface area contributed by atoms with E-state index in [1.54, 1.807) is 12.1 Å². The van der Waals surface area contributed by atoms with Crippen LogP contribution in [0.15, 0.2) is 42.5 Å². The van der Waals surface area contributed by atoms with Gasteiger partial charge in [0, 0.05) is 25.6 Å². The second-order valence-electron chi connectivity index (χ2n) is 5.95. The number of aryl methyl sites for hydroxylation is 1. The van der Waals surface area contributed by atoms with E-state index in [0.717, 1.165) is 28.7 Å². The molecule has 2 amide bonds. The molecule has 2 rings (SSSR count). The Kier molecular flexibility index (Phi) is 6.49. The van der Waals surface area contributed by atoms with Crippen molar-refractivity contribution < 1.29 is 22.8 Å². The van der Waals surface area contributed by atoms with Gasteiger partial charge in [0.15, 0.2) is 0 Å². The Morgan fingerprint density at radius 2 is 1.81 bits per heavy atom. The van der Waals surface area contributed by atoms with Crippen LogP contribution in [0.2, 0.25) is 5.02 Å². The van der Waals surface area contributed by atoms with Gasteiger partial charge in [-0.25, -0.2) is 0 Å². The second-order valence-corrected chi connectivity index (χ2v) is 6.35. The maximum atomic E-state index is 12.9. The number of alkyl halides is 3. The van der Waals surface area contributed by atoms with E-state index in [4.69, 9.17) is 11.6 Å². The summed E-state index contributed by atoms with van der Waals surface area (Å²) in [6, 6.07) is 9.91. The Morgan fingerprint density at radius 1 is 1.15 bits per heavy atom. The number of carbonyl (C=O) groups is 2. The third kappa shape index (κ3) is 5.47. The summed E-state index contributed by atoms with van der Waals surface area (Å²) in [6.07, 6.45) is -4.66. The van der Waals surface area contributed by atoms with E-state index in [1.165, 1.54) is 6.92 Å². The molecule has 27 heavy (non-hydrogen) atoms. The molecule has 0 saturated heterocycles. The molecule has 144 valence electrons. The van der Waals surface area contributed by atoms with Gasteiger partial charge in [0.05, 0.1) is 16.3 Å². The van der Waals surface area contributed by atoms with E-state index in [2.05, 4.69) is 5.32 Å². The summed E-state index contributed by atoms with van der Waals surface area (Å²) in [4.78, 5) is 25.2. The van der Waals surface area contributed by atoms with Gasteiger partial charge in [-0.2, -0.15) is 13.2 Å². The van der Waals surface area contributed by atoms with E-state index >= 15 is 0 Å². The van der Waals surface area contributed by atoms with Crippen LogP contribution in [0.4, 0.5) is 24.5 Å². The molecular weight excluding hydrogens is 381 g/mol. The molecule has 0 aliphatic rings. The van der Waals surface area contributed by atoms with Crippen molar-refractivity contribution in [2.24, 2.45) is 0 Å². The Bertz CT molecular complexity index is 853. The highest BCUT2D eigenvalue weighted by Gasteiger charge is 2.32. The molecule has 0 aliphatic carbocycles. The predicted octanol–water partition coefficient (Wildman–Crippen LogP) is 5.05. The monoisotopic (exact) mass is 398 g/mol. The first kappa shape index (κ1) is 20.8. The number of para-hydroxylation sites is 1. The first-order valence-electron chi connectivity index (χ1n) is 8.10. The van der Waals surface area contributed by atoms with Crippen LogP contribution in [-0.2, 0) is 15.8 Å². The predicted molar refractivity (Wildman–Crippen MR) is 98.9 cm³/mol. The lowest BCUT2D eigenvalue weighted by atomic mass is 10.1. The molecule has 0 heterocycles. The van der Waals surface area contributed by atoms with E-state index in [1.807, 2.05) is 19.1 Å². The van der Waals surface area contributed by atoms with Crippen LogP contribution < -0.4 is 10.2 Å². The Balaban J connectivity index is 2.16. The molecule has 1 N–H and O–H groups in total. The molecule has 0 unspecified atom stereocenters. The molecule has 0 radical (unpaired) electrons. The van der Waals surface area contributed by atoms with Gasteiger partial charge in [0.1, 0.15) is 0 Å². The van der Waals surface area contributed by atoms with Crippen molar-refractivity contribution in [2.45, 2.75) is 26.4 Å². The van der Waals surface area contributed by atoms with Gasteiger partial charge < -0.3 is 10.2 Å². The van der Waals surface area contributed by atoms with Crippen molar-refractivity contribution in [3.05, 3.63) is 58.6 Å². The Hall–Kier alpha value is -2.54. The number of nitrogens with zero attached hydrogens (tertiary/aromatic N) is 1. The highest BCUT2D eigenvalue weighted by atomic mass is 35.5. The number of hydrogen-bond donors (Lipinski definition) is 1. The molecule has 0 fully saturated rings. The number of hydrogen-bond acceptors (Lipinski definition) is 2. The maximum Gasteiger partial charge on any atom is 0.416 e. The molecule has 2 aromatic carbocycles. The molecule has 8 heteroatoms. The molecule has 0 aliphatic heterocycles. The number of carbonyl (C=O) groups excluding carboxylic acids is 2. The highest BCUT2D eigenvalue weighted by molar-refractivity contribution is 6.33. The first-order valence-corrected chi connectivity index (χ1v) is 8.47. The third-order valence-electron chi connectivity index (χ3n) is 3.93. The van der Waals surface area contributed by atoms with Gasteiger partial charge in [-0.05, 0) is 36.8 Å². The lowest BCUT2D eigenvalue weighted by molar-refractivity contribution is -0.137. The summed E-state index contributed by atoms with van der Waals surface area (Å²) in [7, 11) is 0. The van der Waals surface area contributed by atoms with E-state index < -0.39 is 17.6 Å². The summed E-state index contributed by atoms with van der Waals surface area (Å²) in [6.45, 7) is 2.93. The van der Waals surface area contributed by atoms with Crippen molar-refractivity contribution in [2.75, 3.05) is 16.8 Å². The molecule has 0 bridgehead atoms. The van der Waals surface area contributed by atoms with Crippen molar-refractivity contribution in [3.8, 4) is 0 Å². The van der Waals surface area contributed by atoms with E-state index in [-0.39, 0.29) is 29.6 Å². The van der Waals surface area contributed by atoms with Crippen molar-refractivity contribution in [1.82, 2.24) is 0 Å². The minimum Gasteiger partial charge on any atom is -0.326 e. The summed E-state index contributed by atoms with van der Waals surface area (Å²) >= 11 is 5.99. The lowest BCUT2D eigenvalue weighted by Gasteiger charge is -2.23. The second kappa shape index (κ2) is 8.43. The maximum absolute atomic E-state index is 12.9. The van der Waals surface area contributed by atoms with Gasteiger partial charge in [0.25, 0.3) is 0 Å². The SMILES string of the molecule is CC(=O)N(CCC(=O)Nc1ccccc1C)c1cc(C(F)(F)F)ccc1Cl. The van der Waals surface area contributed by atoms with Crippen LogP contribution in [-0.4, -0.2) is 18.4 Å². The lowest BCUT2D eigenvalue weighted by Crippen LogP contribution is -2.32. The topological polar surface area (TPSA) is 49.4 Å². The fourth-order valence-electron chi connectivity index (χ4n) is 2.48. The molecule has 0 spiro atoms. The van der Waals surface area contributed by atoms with E-state index in [9.17, 15) is 22.8 Å². The normalized spacial score (nSPS) is 11.2. The van der Waals surface area contributed by atoms with Crippen molar-refractivity contribution in [3.63, 3.8) is 0 Å². The van der Waals surface area contributed by atoms with Crippen molar-refractivity contribution in [1.29, 1.82) is 0 Å². The molecule has 0 atom stereocenters. The van der Waals surface area contributed by atoms with E-state index in [0.29, 0.717) is 5.69 Å². The van der Waals surface area contributed by atoms with Crippen LogP contribution in [0, 0.1) is 6.92 Å². The molecule has 0 aromatic heterocycles. The number of anilines is 2. The molecule has 2 aromatic rings. The third-order valence-corrected chi connectivity index (χ3v) is 4.25. The highest BCUT2D eigenvalue weighted by Crippen LogP contribution is 2.35. The van der Waals surface area contributed by atoms with Gasteiger partial charge in [-0.15, -0.1) is 0 Å². The molecule has 0 saturated carbocycles. The number of halogens is 4. The zero-order chi connectivity index (χ0) is 20.2. The largest absolute Gasteiger partial charge is 0.416 e. The fraction of sp³-hybridized carbons (Fsp3) is 0.263. The minimum atomic E-state index is -4.57. The minimum absolute atomic E-state index is 0.00230. The smallest absolute Gasteiger partial charge is 0.326 e. The Morgan fingerprint density at radius 3 is 2.41 bits per heavy atom. The van der Waals surface area contributed by atoms with Crippen LogP contribution in [0.3, 0.4) is 0 Å². The number of benzene rings is 2. The Labute approximate surface area is 159 Å². The average Bonchev–Trinajstić information content (AvgIpc) is 2.57. The molecule has 4 nitrogen and oxygen atoms in total. The van der Waals surface area contributed by atoms with Crippen LogP contribution in [0.1, 0.15) is 24.5 Å². The zero-order valence-electron chi connectivity index (χ0n) is 14.7. The summed E-state index contributed by atoms with van der Waals surface area (Å²) < 4.78 is 38.8. The van der Waals surface area contributed by atoms with Gasteiger partial charge in [-0.1, -0.05) is 29.8 Å². The number of nitrogens with one attached hydrogen (secondary N) is 1. The quantitative estimate of drug-likeness (QED) is 0.766. The summed E-state index contributed by atoms with van der Waals surface area (Å²) in [5.74, 6) is -0.876. The average molecular weight is 399 g/mol. The van der Waals surface area contributed by atoms with Gasteiger partial charge >= 0.3 is 6.18 Å². The fourth-order valence-corrected chi connectivity index (χ4v) is 2.70. The zero-order valence-corrected chi connectivity index (χ0v) is 15.5. The van der Waals surface area contributed by atoms with Crippen LogP contribution in [0.25, 0.3) is 0 Å². The van der Waals surface area contributed by atoms with Gasteiger partial charge in [-0.3, -0.25) is 9.59 Å². The van der Waals surface area contributed by atoms with Gasteiger partial charge in [0.2, 0.25) is 11.8 Å². The standard InChI is InChI=1S/C19H18ClF3N2O2/c1-12-5-3-4-6-16(12)24-18(27)9-10-25(13(2)26)17-11-14(19(21,22)23)7-8-15(17)20/h3-8,11H,9-10H2,1-2H3,(H,24,27). The molecular formula is C19H18ClF3N2O2.